The van der Waals surface area contributed by atoms with Crippen molar-refractivity contribution in [2.75, 3.05) is 19.3 Å². The number of rotatable bonds is 5. The minimum absolute atomic E-state index is 0.0593. The van der Waals surface area contributed by atoms with Gasteiger partial charge in [-0.3, -0.25) is 4.79 Å². The number of carbonyl (C=O) groups is 1. The van der Waals surface area contributed by atoms with Crippen molar-refractivity contribution >= 4 is 15.9 Å². The van der Waals surface area contributed by atoms with Gasteiger partial charge in [-0.15, -0.1) is 0 Å². The number of halogens is 1. The second kappa shape index (κ2) is 8.71. The summed E-state index contributed by atoms with van der Waals surface area (Å²) in [4.78, 5) is 15.0. The molecule has 2 aliphatic rings. The average molecular weight is 445 g/mol. The maximum absolute atomic E-state index is 15.1. The Morgan fingerprint density at radius 3 is 2.58 bits per heavy atom. The van der Waals surface area contributed by atoms with Crippen LogP contribution in [0.5, 0.6) is 0 Å². The van der Waals surface area contributed by atoms with Gasteiger partial charge in [0.25, 0.3) is 0 Å². The molecule has 1 aliphatic heterocycles. The molecular weight excluding hydrogens is 415 g/mol. The lowest BCUT2D eigenvalue weighted by Gasteiger charge is -2.21. The molecule has 3 unspecified atom stereocenters. The summed E-state index contributed by atoms with van der Waals surface area (Å²) in [5.41, 5.74) is 3.33. The quantitative estimate of drug-likeness (QED) is 0.762. The molecule has 7 heteroatoms. The number of aryl methyl sites for hydroxylation is 1. The molecule has 3 atom stereocenters. The van der Waals surface area contributed by atoms with Gasteiger partial charge in [-0.1, -0.05) is 36.4 Å². The number of carbonyl (C=O) groups excluding carboxylic acids is 1. The van der Waals surface area contributed by atoms with E-state index in [9.17, 15) is 13.2 Å². The molecule has 1 saturated carbocycles. The zero-order valence-corrected chi connectivity index (χ0v) is 18.8. The molecule has 2 aromatic rings. The van der Waals surface area contributed by atoms with Crippen molar-refractivity contribution in [3.63, 3.8) is 0 Å². The van der Waals surface area contributed by atoms with Gasteiger partial charge in [0.05, 0.1) is 6.26 Å². The van der Waals surface area contributed by atoms with Crippen molar-refractivity contribution in [2.24, 2.45) is 5.92 Å². The Bertz CT molecular complexity index is 1070. The Kier molecular flexibility index (Phi) is 6.17. The van der Waals surface area contributed by atoms with E-state index in [4.69, 9.17) is 0 Å². The molecule has 0 radical (unpaired) electrons. The molecule has 166 valence electrons. The lowest BCUT2D eigenvalue weighted by molar-refractivity contribution is -0.132. The number of nitrogens with zero attached hydrogens (tertiary/aromatic N) is 1. The topological polar surface area (TPSA) is 66.5 Å². The molecule has 2 fully saturated rings. The third kappa shape index (κ3) is 5.15. The smallest absolute Gasteiger partial charge is 0.226 e. The second-order valence-electron chi connectivity index (χ2n) is 8.87. The lowest BCUT2D eigenvalue weighted by atomic mass is 9.93. The van der Waals surface area contributed by atoms with Gasteiger partial charge in [0.15, 0.2) is 0 Å². The SMILES string of the molecule is Cc1cc(F)c(C2CC2C(=O)N2CCCC(NS(C)(=O)=O)CC2)c(-c2ccccc2)c1. The minimum atomic E-state index is -3.26. The summed E-state index contributed by atoms with van der Waals surface area (Å²) < 4.78 is 40.8. The van der Waals surface area contributed by atoms with Gasteiger partial charge in [-0.05, 0) is 66.8 Å². The number of amides is 1. The van der Waals surface area contributed by atoms with Crippen LogP contribution in [0.2, 0.25) is 0 Å². The van der Waals surface area contributed by atoms with E-state index in [1.807, 2.05) is 48.2 Å². The van der Waals surface area contributed by atoms with Crippen LogP contribution in [0.15, 0.2) is 42.5 Å². The van der Waals surface area contributed by atoms with Crippen LogP contribution in [-0.2, 0) is 14.8 Å². The Morgan fingerprint density at radius 1 is 1.13 bits per heavy atom. The summed E-state index contributed by atoms with van der Waals surface area (Å²) in [7, 11) is -3.26. The van der Waals surface area contributed by atoms with E-state index in [2.05, 4.69) is 4.72 Å². The number of hydrogen-bond acceptors (Lipinski definition) is 3. The third-order valence-electron chi connectivity index (χ3n) is 6.26. The van der Waals surface area contributed by atoms with E-state index < -0.39 is 10.0 Å². The molecule has 1 aliphatic carbocycles. The first-order valence-corrected chi connectivity index (χ1v) is 12.7. The molecule has 1 amide bonds. The first kappa shape index (κ1) is 22.0. The molecule has 5 nitrogen and oxygen atoms in total. The van der Waals surface area contributed by atoms with Gasteiger partial charge >= 0.3 is 0 Å². The molecule has 1 N–H and O–H groups in total. The monoisotopic (exact) mass is 444 g/mol. The summed E-state index contributed by atoms with van der Waals surface area (Å²) in [5.74, 6) is -0.507. The normalized spacial score (nSPS) is 24.0. The van der Waals surface area contributed by atoms with E-state index in [1.54, 1.807) is 6.07 Å². The predicted molar refractivity (Wildman–Crippen MR) is 120 cm³/mol. The predicted octanol–water partition coefficient (Wildman–Crippen LogP) is 3.83. The van der Waals surface area contributed by atoms with Crippen LogP contribution in [-0.4, -0.2) is 44.6 Å². The Labute approximate surface area is 183 Å². The van der Waals surface area contributed by atoms with Crippen LogP contribution in [0.1, 0.15) is 42.7 Å². The van der Waals surface area contributed by atoms with Crippen LogP contribution in [0.4, 0.5) is 4.39 Å². The van der Waals surface area contributed by atoms with E-state index in [0.29, 0.717) is 31.5 Å². The van der Waals surface area contributed by atoms with E-state index >= 15 is 4.39 Å². The van der Waals surface area contributed by atoms with Crippen molar-refractivity contribution in [3.05, 3.63) is 59.4 Å². The summed E-state index contributed by atoms with van der Waals surface area (Å²) in [6, 6.07) is 13.2. The number of sulfonamides is 1. The summed E-state index contributed by atoms with van der Waals surface area (Å²) in [6.07, 6.45) is 3.89. The van der Waals surface area contributed by atoms with Crippen LogP contribution in [0.3, 0.4) is 0 Å². The van der Waals surface area contributed by atoms with Gasteiger partial charge in [-0.2, -0.15) is 0 Å². The highest BCUT2D eigenvalue weighted by Gasteiger charge is 2.48. The van der Waals surface area contributed by atoms with Crippen LogP contribution in [0, 0.1) is 18.7 Å². The first-order valence-electron chi connectivity index (χ1n) is 10.8. The Hall–Kier alpha value is -2.25. The van der Waals surface area contributed by atoms with E-state index in [0.717, 1.165) is 35.8 Å². The molecule has 1 saturated heterocycles. The van der Waals surface area contributed by atoms with Gasteiger partial charge in [0.1, 0.15) is 5.82 Å². The first-order chi connectivity index (χ1) is 14.7. The van der Waals surface area contributed by atoms with E-state index in [-0.39, 0.29) is 29.6 Å². The van der Waals surface area contributed by atoms with Crippen molar-refractivity contribution in [1.82, 2.24) is 9.62 Å². The molecule has 0 aromatic heterocycles. The number of hydrogen-bond donors (Lipinski definition) is 1. The average Bonchev–Trinajstić information content (AvgIpc) is 3.51. The zero-order chi connectivity index (χ0) is 22.2. The molecule has 1 heterocycles. The number of nitrogens with one attached hydrogen (secondary N) is 1. The van der Waals surface area contributed by atoms with Crippen molar-refractivity contribution in [3.8, 4) is 11.1 Å². The Balaban J connectivity index is 1.50. The van der Waals surface area contributed by atoms with Crippen molar-refractivity contribution in [2.45, 2.75) is 44.6 Å². The largest absolute Gasteiger partial charge is 0.342 e. The lowest BCUT2D eigenvalue weighted by Crippen LogP contribution is -2.36. The number of likely N-dealkylation sites (tertiary alicyclic amines) is 1. The summed E-state index contributed by atoms with van der Waals surface area (Å²) in [6.45, 7) is 3.02. The van der Waals surface area contributed by atoms with Gasteiger partial charge < -0.3 is 4.90 Å². The summed E-state index contributed by atoms with van der Waals surface area (Å²) in [5, 5.41) is 0. The van der Waals surface area contributed by atoms with Crippen molar-refractivity contribution in [1.29, 1.82) is 0 Å². The molecule has 0 bridgehead atoms. The molecule has 4 rings (SSSR count). The standard InChI is InChI=1S/C24H29FN2O3S/c1-16-13-19(17-7-4-3-5-8-17)23(22(25)14-16)20-15-21(20)24(28)27-11-6-9-18(10-12-27)26-31(2,29)30/h3-5,7-8,13-14,18,20-21,26H,6,9-12,15H2,1-2H3. The number of benzene rings is 2. The fraction of sp³-hybridized carbons (Fsp3) is 0.458. The molecule has 2 aromatic carbocycles. The van der Waals surface area contributed by atoms with Gasteiger partial charge in [0.2, 0.25) is 15.9 Å². The van der Waals surface area contributed by atoms with Crippen LogP contribution < -0.4 is 4.72 Å². The maximum Gasteiger partial charge on any atom is 0.226 e. The second-order valence-corrected chi connectivity index (χ2v) is 10.6. The minimum Gasteiger partial charge on any atom is -0.342 e. The molecular formula is C24H29FN2O3S. The highest BCUT2D eigenvalue weighted by Crippen LogP contribution is 2.52. The third-order valence-corrected chi connectivity index (χ3v) is 7.02. The van der Waals surface area contributed by atoms with Gasteiger partial charge in [0, 0.05) is 25.0 Å². The van der Waals surface area contributed by atoms with Crippen molar-refractivity contribution < 1.29 is 17.6 Å². The molecule has 0 spiro atoms. The fourth-order valence-electron chi connectivity index (χ4n) is 4.75. The summed E-state index contributed by atoms with van der Waals surface area (Å²) >= 11 is 0. The Morgan fingerprint density at radius 2 is 1.87 bits per heavy atom. The fourth-order valence-corrected chi connectivity index (χ4v) is 5.59. The van der Waals surface area contributed by atoms with E-state index in [1.165, 1.54) is 0 Å². The highest BCUT2D eigenvalue weighted by molar-refractivity contribution is 7.88. The highest BCUT2D eigenvalue weighted by atomic mass is 32.2. The van der Waals surface area contributed by atoms with Crippen LogP contribution in [0.25, 0.3) is 11.1 Å². The zero-order valence-electron chi connectivity index (χ0n) is 18.0. The van der Waals surface area contributed by atoms with Crippen LogP contribution >= 0.6 is 0 Å². The van der Waals surface area contributed by atoms with Gasteiger partial charge in [-0.25, -0.2) is 17.5 Å². The molecule has 31 heavy (non-hydrogen) atoms. The maximum atomic E-state index is 15.1.